The van der Waals surface area contributed by atoms with Crippen molar-refractivity contribution in [1.82, 2.24) is 0 Å². The van der Waals surface area contributed by atoms with E-state index in [4.69, 9.17) is 0 Å². The molecular weight excluding hydrogens is 849 g/mol. The Kier molecular flexibility index (Phi) is 9.62. The van der Waals surface area contributed by atoms with Crippen LogP contribution in [0.1, 0.15) is 22.3 Å². The van der Waals surface area contributed by atoms with Crippen LogP contribution in [0.2, 0.25) is 0 Å². The molecule has 0 aliphatic heterocycles. The van der Waals surface area contributed by atoms with Crippen LogP contribution in [0, 0.1) is 0 Å². The van der Waals surface area contributed by atoms with Crippen molar-refractivity contribution in [2.75, 3.05) is 47.3 Å². The summed E-state index contributed by atoms with van der Waals surface area (Å²) < 4.78 is 0. The minimum Gasteiger partial charge on any atom is -0.309 e. The molecule has 0 fully saturated rings. The molecule has 0 atom stereocenters. The number of nitrogens with zero attached hydrogens (tertiary/aromatic N) is 2. The molecule has 0 unspecified atom stereocenters. The molecule has 0 heterocycles. The molecule has 2 aliphatic carbocycles. The lowest BCUT2D eigenvalue weighted by atomic mass is 9.70. The molecule has 0 N–H and O–H groups in total. The van der Waals surface area contributed by atoms with Gasteiger partial charge in [-0.05, 0) is 177 Å². The van der Waals surface area contributed by atoms with Crippen molar-refractivity contribution in [1.29, 1.82) is 0 Å². The van der Waals surface area contributed by atoms with Gasteiger partial charge in [0.25, 0.3) is 0 Å². The van der Waals surface area contributed by atoms with Gasteiger partial charge in [0.1, 0.15) is 0 Å². The van der Waals surface area contributed by atoms with Crippen molar-refractivity contribution in [3.63, 3.8) is 0 Å². The van der Waals surface area contributed by atoms with E-state index in [1.807, 2.05) is 0 Å². The molecule has 2 nitrogen and oxygen atoms in total. The van der Waals surface area contributed by atoms with Crippen molar-refractivity contribution in [3.05, 3.63) is 241 Å². The Morgan fingerprint density at radius 3 is 1.40 bits per heavy atom. The van der Waals surface area contributed by atoms with E-state index in [2.05, 4.69) is 266 Å². The largest absolute Gasteiger partial charge is 0.309 e. The highest BCUT2D eigenvalue weighted by atomic mass is 32.3. The summed E-state index contributed by atoms with van der Waals surface area (Å²) in [5.74, 6) is 0. The summed E-state index contributed by atoms with van der Waals surface area (Å²) in [7, 11) is -2.19. The average molecular weight is 903 g/mol. The molecule has 4 heteroatoms. The van der Waals surface area contributed by atoms with E-state index < -0.39 is 25.5 Å². The third-order valence-electron chi connectivity index (χ3n) is 14.1. The van der Waals surface area contributed by atoms with Crippen LogP contribution in [-0.2, 0) is 5.41 Å². The molecule has 1 spiro atoms. The fourth-order valence-electron chi connectivity index (χ4n) is 11.3. The predicted molar refractivity (Wildman–Crippen MR) is 294 cm³/mol. The Hall–Kier alpha value is -6.98. The number of benzene rings is 10. The van der Waals surface area contributed by atoms with E-state index >= 15 is 0 Å². The number of hydrogen-bond donors (Lipinski definition) is 0. The molecule has 0 radical (unpaired) electrons. The molecular formula is C63H54N2S2. The van der Waals surface area contributed by atoms with Gasteiger partial charge in [-0.25, -0.2) is 20.1 Å². The van der Waals surface area contributed by atoms with Crippen LogP contribution in [0.25, 0.3) is 43.8 Å². The second-order valence-electron chi connectivity index (χ2n) is 19.6. The Balaban J connectivity index is 1.18. The number of para-hydroxylation sites is 4. The maximum absolute atomic E-state index is 2.58. The Labute approximate surface area is 398 Å². The van der Waals surface area contributed by atoms with Crippen molar-refractivity contribution >= 4 is 75.7 Å². The van der Waals surface area contributed by atoms with Crippen molar-refractivity contribution in [3.8, 4) is 22.3 Å². The average Bonchev–Trinajstić information content (AvgIpc) is 3.80. The van der Waals surface area contributed by atoms with Gasteiger partial charge in [-0.3, -0.25) is 0 Å². The first kappa shape index (κ1) is 41.5. The van der Waals surface area contributed by atoms with Crippen molar-refractivity contribution < 1.29 is 0 Å². The SMILES string of the molecule is CS(C)(C)c1ccccc1N(c1ccccc1)c1ccc2cc3c(cc2c1)C1(c2ccccc2-c2ccccc21)c1cc(N(c2ccccc2)c2ccccc2S(C)(C)C)c2ccccc2c1-3. The van der Waals surface area contributed by atoms with Crippen molar-refractivity contribution in [2.24, 2.45) is 0 Å². The van der Waals surface area contributed by atoms with Crippen LogP contribution < -0.4 is 9.80 Å². The van der Waals surface area contributed by atoms with Crippen LogP contribution in [0.15, 0.2) is 228 Å². The molecule has 12 rings (SSSR count). The molecule has 0 amide bonds. The van der Waals surface area contributed by atoms with E-state index in [-0.39, 0.29) is 0 Å². The van der Waals surface area contributed by atoms with Gasteiger partial charge < -0.3 is 9.80 Å². The Morgan fingerprint density at radius 1 is 0.313 bits per heavy atom. The summed E-state index contributed by atoms with van der Waals surface area (Å²) in [6.45, 7) is 0. The maximum Gasteiger partial charge on any atom is 0.0726 e. The smallest absolute Gasteiger partial charge is 0.0726 e. The van der Waals surface area contributed by atoms with E-state index in [1.165, 1.54) is 92.9 Å². The Morgan fingerprint density at radius 2 is 0.806 bits per heavy atom. The van der Waals surface area contributed by atoms with E-state index in [1.54, 1.807) is 0 Å². The lowest BCUT2D eigenvalue weighted by molar-refractivity contribution is 0.795. The van der Waals surface area contributed by atoms with Gasteiger partial charge in [-0.1, -0.05) is 140 Å². The minimum atomic E-state index is -1.13. The fourth-order valence-corrected chi connectivity index (χ4v) is 13.9. The first-order chi connectivity index (χ1) is 32.5. The number of anilines is 6. The highest BCUT2D eigenvalue weighted by Gasteiger charge is 2.52. The lowest BCUT2D eigenvalue weighted by Crippen LogP contribution is -2.26. The molecule has 67 heavy (non-hydrogen) atoms. The Bertz CT molecular complexity index is 3520. The first-order valence-electron chi connectivity index (χ1n) is 23.1. The standard InChI is InChI=1S/C63H54N2S2/c1-66(2,3)60-35-21-19-33-57(60)64(45-23-9-7-10-24-45)47-38-37-43-40-52-55(41-44(43)39-47)63(53-31-17-15-27-48(53)49-28-16-18-32-54(49)63)56-42-59(50-29-13-14-30-51(50)62(52)56)65(46-25-11-8-12-26-46)58-34-20-22-36-61(58)67(4,5)6/h7-42H,1-6H3. The first-order valence-corrected chi connectivity index (χ1v) is 28.8. The fraction of sp³-hybridized carbons (Fsp3) is 0.111. The molecule has 10 aromatic rings. The second kappa shape index (κ2) is 15.6. The van der Waals surface area contributed by atoms with Crippen LogP contribution >= 0.6 is 20.1 Å². The number of fused-ring (bicyclic) bond motifs is 13. The molecule has 2 aliphatic rings. The topological polar surface area (TPSA) is 6.48 Å². The maximum atomic E-state index is 2.58. The van der Waals surface area contributed by atoms with Crippen LogP contribution in [0.4, 0.5) is 34.1 Å². The molecule has 0 saturated carbocycles. The van der Waals surface area contributed by atoms with Gasteiger partial charge in [0, 0.05) is 32.2 Å². The summed E-state index contributed by atoms with van der Waals surface area (Å²) in [5.41, 5.74) is 17.1. The van der Waals surface area contributed by atoms with E-state index in [9.17, 15) is 0 Å². The van der Waals surface area contributed by atoms with Gasteiger partial charge in [0.15, 0.2) is 0 Å². The molecule has 0 bridgehead atoms. The van der Waals surface area contributed by atoms with E-state index in [0.29, 0.717) is 0 Å². The highest BCUT2D eigenvalue weighted by Crippen LogP contribution is 2.66. The quantitative estimate of drug-likeness (QED) is 0.150. The molecule has 0 saturated heterocycles. The van der Waals surface area contributed by atoms with E-state index in [0.717, 1.165) is 17.1 Å². The molecule has 0 aromatic heterocycles. The zero-order valence-electron chi connectivity index (χ0n) is 39.0. The normalized spacial score (nSPS) is 13.8. The molecule has 328 valence electrons. The van der Waals surface area contributed by atoms with Crippen LogP contribution in [-0.4, -0.2) is 37.5 Å². The van der Waals surface area contributed by atoms with Gasteiger partial charge >= 0.3 is 0 Å². The second-order valence-corrected chi connectivity index (χ2v) is 27.8. The molecule has 10 aromatic carbocycles. The third kappa shape index (κ3) is 6.41. The summed E-state index contributed by atoms with van der Waals surface area (Å²) >= 11 is 0. The predicted octanol–water partition coefficient (Wildman–Crippen LogP) is 17.4. The number of hydrogen-bond acceptors (Lipinski definition) is 2. The summed E-state index contributed by atoms with van der Waals surface area (Å²) in [5, 5.41) is 4.96. The summed E-state index contributed by atoms with van der Waals surface area (Å²) in [6, 6.07) is 82.3. The highest BCUT2D eigenvalue weighted by molar-refractivity contribution is 8.32. The van der Waals surface area contributed by atoms with Gasteiger partial charge in [-0.2, -0.15) is 0 Å². The van der Waals surface area contributed by atoms with Crippen LogP contribution in [0.5, 0.6) is 0 Å². The van der Waals surface area contributed by atoms with Gasteiger partial charge in [0.2, 0.25) is 0 Å². The van der Waals surface area contributed by atoms with Crippen LogP contribution in [0.3, 0.4) is 0 Å². The zero-order valence-corrected chi connectivity index (χ0v) is 40.6. The summed E-state index contributed by atoms with van der Waals surface area (Å²) in [6.07, 6.45) is 14.4. The third-order valence-corrected chi connectivity index (χ3v) is 17.4. The van der Waals surface area contributed by atoms with Crippen molar-refractivity contribution in [2.45, 2.75) is 15.2 Å². The number of rotatable bonds is 8. The lowest BCUT2D eigenvalue weighted by Gasteiger charge is -2.36. The minimum absolute atomic E-state index is 0.570. The zero-order chi connectivity index (χ0) is 45.7. The van der Waals surface area contributed by atoms with Gasteiger partial charge in [-0.15, -0.1) is 0 Å². The summed E-state index contributed by atoms with van der Waals surface area (Å²) in [4.78, 5) is 7.80. The van der Waals surface area contributed by atoms with Gasteiger partial charge in [0.05, 0.1) is 22.5 Å². The monoisotopic (exact) mass is 902 g/mol.